The van der Waals surface area contributed by atoms with Gasteiger partial charge in [0.15, 0.2) is 0 Å². The summed E-state index contributed by atoms with van der Waals surface area (Å²) in [5, 5.41) is 7.02. The van der Waals surface area contributed by atoms with Crippen LogP contribution in [0.3, 0.4) is 0 Å². The van der Waals surface area contributed by atoms with Crippen LogP contribution < -0.4 is 10.6 Å². The Labute approximate surface area is 105 Å². The fourth-order valence-electron chi connectivity index (χ4n) is 2.53. The molecular formula is C15H24N2. The molecule has 1 unspecified atom stereocenters. The number of rotatable bonds is 4. The zero-order valence-electron chi connectivity index (χ0n) is 11.3. The van der Waals surface area contributed by atoms with Gasteiger partial charge in [-0.05, 0) is 69.0 Å². The van der Waals surface area contributed by atoms with E-state index in [0.717, 1.165) is 19.5 Å². The molecule has 1 aliphatic heterocycles. The molecule has 1 aliphatic rings. The maximum Gasteiger partial charge on any atom is 0.0204 e. The van der Waals surface area contributed by atoms with E-state index >= 15 is 0 Å². The van der Waals surface area contributed by atoms with Crippen LogP contribution in [0.5, 0.6) is 0 Å². The van der Waals surface area contributed by atoms with Gasteiger partial charge in [-0.1, -0.05) is 12.1 Å². The third-order valence-electron chi connectivity index (χ3n) is 3.84. The monoisotopic (exact) mass is 232 g/mol. The molecule has 0 radical (unpaired) electrons. The first kappa shape index (κ1) is 12.6. The largest absolute Gasteiger partial charge is 0.315 e. The molecule has 0 aromatic heterocycles. The molecule has 1 saturated heterocycles. The minimum Gasteiger partial charge on any atom is -0.315 e. The molecule has 1 aromatic rings. The Kier molecular flexibility index (Phi) is 4.19. The second-order valence-corrected chi connectivity index (χ2v) is 5.26. The third-order valence-corrected chi connectivity index (χ3v) is 3.84. The van der Waals surface area contributed by atoms with Crippen molar-refractivity contribution in [2.24, 2.45) is 0 Å². The quantitative estimate of drug-likeness (QED) is 0.831. The minimum atomic E-state index is 0.682. The van der Waals surface area contributed by atoms with E-state index in [0.29, 0.717) is 6.04 Å². The highest BCUT2D eigenvalue weighted by Gasteiger charge is 2.12. The smallest absolute Gasteiger partial charge is 0.0204 e. The van der Waals surface area contributed by atoms with Gasteiger partial charge in [0.2, 0.25) is 0 Å². The van der Waals surface area contributed by atoms with Crippen molar-refractivity contribution in [3.05, 3.63) is 34.4 Å². The Hall–Kier alpha value is -0.860. The summed E-state index contributed by atoms with van der Waals surface area (Å²) in [5.41, 5.74) is 5.73. The molecule has 0 bridgehead atoms. The van der Waals surface area contributed by atoms with Crippen molar-refractivity contribution in [3.63, 3.8) is 0 Å². The highest BCUT2D eigenvalue weighted by atomic mass is 15.0. The van der Waals surface area contributed by atoms with Gasteiger partial charge in [0, 0.05) is 12.6 Å². The Morgan fingerprint density at radius 1 is 1.18 bits per heavy atom. The van der Waals surface area contributed by atoms with Gasteiger partial charge in [-0.15, -0.1) is 0 Å². The molecule has 0 amide bonds. The molecule has 1 aromatic carbocycles. The Morgan fingerprint density at radius 2 is 1.94 bits per heavy atom. The van der Waals surface area contributed by atoms with Gasteiger partial charge >= 0.3 is 0 Å². The second kappa shape index (κ2) is 5.65. The summed E-state index contributed by atoms with van der Waals surface area (Å²) in [6.07, 6.45) is 2.41. The van der Waals surface area contributed by atoms with Crippen LogP contribution in [0.2, 0.25) is 0 Å². The van der Waals surface area contributed by atoms with Crippen LogP contribution in [-0.4, -0.2) is 25.7 Å². The van der Waals surface area contributed by atoms with Crippen LogP contribution in [0.15, 0.2) is 12.1 Å². The summed E-state index contributed by atoms with van der Waals surface area (Å²) in [4.78, 5) is 0. The normalized spacial score (nSPS) is 19.8. The fraction of sp³-hybridized carbons (Fsp3) is 0.600. The summed E-state index contributed by atoms with van der Waals surface area (Å²) in [5.74, 6) is 0. The molecule has 2 heteroatoms. The minimum absolute atomic E-state index is 0.682. The van der Waals surface area contributed by atoms with Crippen molar-refractivity contribution in [1.29, 1.82) is 0 Å². The highest BCUT2D eigenvalue weighted by molar-refractivity contribution is 5.36. The Balaban J connectivity index is 1.87. The molecule has 0 saturated carbocycles. The molecular weight excluding hydrogens is 208 g/mol. The van der Waals surface area contributed by atoms with Gasteiger partial charge in [0.25, 0.3) is 0 Å². The van der Waals surface area contributed by atoms with Crippen LogP contribution in [0.1, 0.15) is 28.7 Å². The van der Waals surface area contributed by atoms with Crippen LogP contribution in [-0.2, 0) is 6.42 Å². The summed E-state index contributed by atoms with van der Waals surface area (Å²) >= 11 is 0. The van der Waals surface area contributed by atoms with Gasteiger partial charge in [-0.3, -0.25) is 0 Å². The highest BCUT2D eigenvalue weighted by Crippen LogP contribution is 2.15. The van der Waals surface area contributed by atoms with Crippen molar-refractivity contribution in [3.8, 4) is 0 Å². The van der Waals surface area contributed by atoms with Gasteiger partial charge in [-0.25, -0.2) is 0 Å². The molecule has 1 atom stereocenters. The molecule has 94 valence electrons. The van der Waals surface area contributed by atoms with Crippen LogP contribution >= 0.6 is 0 Å². The molecule has 0 aliphatic carbocycles. The van der Waals surface area contributed by atoms with Crippen molar-refractivity contribution in [2.45, 2.75) is 39.7 Å². The molecule has 1 fully saturated rings. The lowest BCUT2D eigenvalue weighted by Gasteiger charge is -2.13. The van der Waals surface area contributed by atoms with E-state index in [1.54, 1.807) is 0 Å². The predicted molar refractivity (Wildman–Crippen MR) is 73.6 cm³/mol. The lowest BCUT2D eigenvalue weighted by Crippen LogP contribution is -2.32. The SMILES string of the molecule is Cc1cc(C)c(CCNC2CCNC2)cc1C. The zero-order valence-corrected chi connectivity index (χ0v) is 11.3. The van der Waals surface area contributed by atoms with Gasteiger partial charge < -0.3 is 10.6 Å². The average molecular weight is 232 g/mol. The molecule has 17 heavy (non-hydrogen) atoms. The van der Waals surface area contributed by atoms with Crippen molar-refractivity contribution >= 4 is 0 Å². The fourth-order valence-corrected chi connectivity index (χ4v) is 2.53. The average Bonchev–Trinajstić information content (AvgIpc) is 2.78. The standard InChI is InChI=1S/C15H24N2/c1-11-8-13(3)14(9-12(11)2)4-7-17-15-5-6-16-10-15/h8-9,15-17H,4-7,10H2,1-3H3. The first-order chi connectivity index (χ1) is 8.16. The predicted octanol–water partition coefficient (Wildman–Crippen LogP) is 2.11. The van der Waals surface area contributed by atoms with Gasteiger partial charge in [0.05, 0.1) is 0 Å². The molecule has 0 spiro atoms. The van der Waals surface area contributed by atoms with Crippen LogP contribution in [0, 0.1) is 20.8 Å². The zero-order chi connectivity index (χ0) is 12.3. The first-order valence-corrected chi connectivity index (χ1v) is 6.67. The molecule has 1 heterocycles. The van der Waals surface area contributed by atoms with E-state index < -0.39 is 0 Å². The van der Waals surface area contributed by atoms with Crippen LogP contribution in [0.4, 0.5) is 0 Å². The van der Waals surface area contributed by atoms with Gasteiger partial charge in [0.1, 0.15) is 0 Å². The van der Waals surface area contributed by atoms with Crippen molar-refractivity contribution < 1.29 is 0 Å². The van der Waals surface area contributed by atoms with Crippen LogP contribution in [0.25, 0.3) is 0 Å². The van der Waals surface area contributed by atoms with Crippen molar-refractivity contribution in [1.82, 2.24) is 10.6 Å². The first-order valence-electron chi connectivity index (χ1n) is 6.67. The van der Waals surface area contributed by atoms with E-state index in [1.165, 1.54) is 35.2 Å². The number of nitrogens with one attached hydrogen (secondary N) is 2. The second-order valence-electron chi connectivity index (χ2n) is 5.26. The van der Waals surface area contributed by atoms with E-state index in [4.69, 9.17) is 0 Å². The number of hydrogen-bond acceptors (Lipinski definition) is 2. The maximum atomic E-state index is 3.63. The number of aryl methyl sites for hydroxylation is 3. The van der Waals surface area contributed by atoms with E-state index in [1.807, 2.05) is 0 Å². The van der Waals surface area contributed by atoms with Gasteiger partial charge in [-0.2, -0.15) is 0 Å². The summed E-state index contributed by atoms with van der Waals surface area (Å²) in [7, 11) is 0. The summed E-state index contributed by atoms with van der Waals surface area (Å²) in [6.45, 7) is 10.0. The Morgan fingerprint density at radius 3 is 2.65 bits per heavy atom. The topological polar surface area (TPSA) is 24.1 Å². The lowest BCUT2D eigenvalue weighted by molar-refractivity contribution is 0.550. The number of benzene rings is 1. The summed E-state index contributed by atoms with van der Waals surface area (Å²) in [6, 6.07) is 5.34. The molecule has 2 rings (SSSR count). The summed E-state index contributed by atoms with van der Waals surface area (Å²) < 4.78 is 0. The van der Waals surface area contributed by atoms with E-state index in [2.05, 4.69) is 43.5 Å². The molecule has 2 N–H and O–H groups in total. The third kappa shape index (κ3) is 3.30. The number of hydrogen-bond donors (Lipinski definition) is 2. The van der Waals surface area contributed by atoms with E-state index in [9.17, 15) is 0 Å². The lowest BCUT2D eigenvalue weighted by atomic mass is 9.99. The Bertz CT molecular complexity index is 379. The van der Waals surface area contributed by atoms with Crippen molar-refractivity contribution in [2.75, 3.05) is 19.6 Å². The molecule has 2 nitrogen and oxygen atoms in total. The van der Waals surface area contributed by atoms with E-state index in [-0.39, 0.29) is 0 Å². The maximum absolute atomic E-state index is 3.63.